The highest BCUT2D eigenvalue weighted by molar-refractivity contribution is 7.12. The Hall–Kier alpha value is -0.990. The maximum Gasteiger partial charge on any atom is 0.118 e. The van der Waals surface area contributed by atoms with Crippen LogP contribution in [-0.4, -0.2) is 7.11 Å². The number of methoxy groups -OCH3 is 1. The number of hydrogen-bond donors (Lipinski definition) is 0. The largest absolute Gasteiger partial charge is 0.497 e. The lowest BCUT2D eigenvalue weighted by atomic mass is 10.1. The van der Waals surface area contributed by atoms with Crippen molar-refractivity contribution in [3.8, 4) is 5.75 Å². The maximum atomic E-state index is 6.65. The molecule has 0 saturated heterocycles. The van der Waals surface area contributed by atoms with Crippen molar-refractivity contribution in [1.29, 1.82) is 0 Å². The summed E-state index contributed by atoms with van der Waals surface area (Å²) in [5, 5.41) is 0.0790. The van der Waals surface area contributed by atoms with Crippen LogP contribution < -0.4 is 4.74 Å². The monoisotopic (exact) mass is 320 g/mol. The average molecular weight is 321 g/mol. The Balaban J connectivity index is 1.71. The van der Waals surface area contributed by atoms with Crippen molar-refractivity contribution >= 4 is 22.9 Å². The molecule has 0 spiro atoms. The first kappa shape index (κ1) is 14.9. The third-order valence-corrected chi connectivity index (χ3v) is 6.02. The summed E-state index contributed by atoms with van der Waals surface area (Å²) in [6.07, 6.45) is 7.38. The Morgan fingerprint density at radius 2 is 1.90 bits per heavy atom. The summed E-state index contributed by atoms with van der Waals surface area (Å²) in [5.74, 6) is 0.896. The van der Waals surface area contributed by atoms with E-state index in [1.54, 1.807) is 17.6 Å². The van der Waals surface area contributed by atoms with Gasteiger partial charge in [-0.25, -0.2) is 0 Å². The molecule has 0 aliphatic heterocycles. The smallest absolute Gasteiger partial charge is 0.118 e. The fourth-order valence-corrected chi connectivity index (χ4v) is 4.52. The maximum absolute atomic E-state index is 6.65. The predicted octanol–water partition coefficient (Wildman–Crippen LogP) is 5.55. The zero-order chi connectivity index (χ0) is 14.7. The van der Waals surface area contributed by atoms with Crippen LogP contribution in [0.1, 0.15) is 45.5 Å². The third-order valence-electron chi connectivity index (χ3n) is 4.15. The van der Waals surface area contributed by atoms with Gasteiger partial charge in [0.2, 0.25) is 0 Å². The van der Waals surface area contributed by atoms with Gasteiger partial charge >= 0.3 is 0 Å². The molecule has 0 N–H and O–H groups in total. The van der Waals surface area contributed by atoms with Crippen LogP contribution in [0.4, 0.5) is 0 Å². The molecule has 1 aromatic heterocycles. The quantitative estimate of drug-likeness (QED) is 0.530. The van der Waals surface area contributed by atoms with Gasteiger partial charge in [0, 0.05) is 9.75 Å². The molecule has 1 aromatic carbocycles. The standard InChI is InChI=1S/C18H21ClOS/c1-20-15-9-7-13(8-10-15)11-16(19)18-12-14-5-3-2-4-6-17(14)21-18/h7-10,12,16H,2-6,11H2,1H3. The third kappa shape index (κ3) is 3.61. The van der Waals surface area contributed by atoms with Crippen molar-refractivity contribution in [2.45, 2.75) is 43.9 Å². The zero-order valence-corrected chi connectivity index (χ0v) is 14.0. The minimum atomic E-state index is 0.0790. The Morgan fingerprint density at radius 3 is 2.67 bits per heavy atom. The van der Waals surface area contributed by atoms with Crippen LogP contribution in [0.5, 0.6) is 5.75 Å². The first-order valence-corrected chi connectivity index (χ1v) is 8.90. The zero-order valence-electron chi connectivity index (χ0n) is 12.4. The van der Waals surface area contributed by atoms with Gasteiger partial charge in [0.25, 0.3) is 0 Å². The van der Waals surface area contributed by atoms with Crippen LogP contribution in [0.15, 0.2) is 30.3 Å². The lowest BCUT2D eigenvalue weighted by molar-refractivity contribution is 0.414. The van der Waals surface area contributed by atoms with E-state index in [2.05, 4.69) is 18.2 Å². The highest BCUT2D eigenvalue weighted by Gasteiger charge is 2.17. The van der Waals surface area contributed by atoms with Crippen molar-refractivity contribution in [1.82, 2.24) is 0 Å². The van der Waals surface area contributed by atoms with Gasteiger partial charge in [-0.15, -0.1) is 22.9 Å². The molecule has 0 amide bonds. The van der Waals surface area contributed by atoms with Crippen molar-refractivity contribution in [3.63, 3.8) is 0 Å². The molecular formula is C18H21ClOS. The predicted molar refractivity (Wildman–Crippen MR) is 90.9 cm³/mol. The molecule has 112 valence electrons. The molecule has 1 nitrogen and oxygen atoms in total. The fraction of sp³-hybridized carbons (Fsp3) is 0.444. The van der Waals surface area contributed by atoms with E-state index >= 15 is 0 Å². The molecule has 1 aliphatic carbocycles. The Labute approximate surface area is 135 Å². The van der Waals surface area contributed by atoms with Crippen molar-refractivity contribution < 1.29 is 4.74 Å². The van der Waals surface area contributed by atoms with Gasteiger partial charge in [-0.1, -0.05) is 18.6 Å². The van der Waals surface area contributed by atoms with Gasteiger partial charge < -0.3 is 4.74 Å². The number of alkyl halides is 1. The Morgan fingerprint density at radius 1 is 1.14 bits per heavy atom. The van der Waals surface area contributed by atoms with E-state index in [-0.39, 0.29) is 5.38 Å². The first-order valence-electron chi connectivity index (χ1n) is 7.65. The highest BCUT2D eigenvalue weighted by Crippen LogP contribution is 2.36. The topological polar surface area (TPSA) is 9.23 Å². The van der Waals surface area contributed by atoms with Crippen molar-refractivity contribution in [3.05, 3.63) is 51.2 Å². The van der Waals surface area contributed by atoms with Gasteiger partial charge in [-0.2, -0.15) is 0 Å². The van der Waals surface area contributed by atoms with Crippen LogP contribution in [0, 0.1) is 0 Å². The molecule has 1 heterocycles. The molecule has 1 atom stereocenters. The van der Waals surface area contributed by atoms with E-state index in [4.69, 9.17) is 16.3 Å². The van der Waals surface area contributed by atoms with E-state index in [9.17, 15) is 0 Å². The fourth-order valence-electron chi connectivity index (χ4n) is 2.91. The molecular weight excluding hydrogens is 300 g/mol. The normalized spacial score (nSPS) is 16.1. The van der Waals surface area contributed by atoms with Crippen LogP contribution in [0.2, 0.25) is 0 Å². The average Bonchev–Trinajstić information content (AvgIpc) is 2.79. The summed E-state index contributed by atoms with van der Waals surface area (Å²) >= 11 is 8.58. The molecule has 21 heavy (non-hydrogen) atoms. The molecule has 0 fully saturated rings. The van der Waals surface area contributed by atoms with Gasteiger partial charge in [-0.05, 0) is 61.4 Å². The molecule has 1 unspecified atom stereocenters. The number of aryl methyl sites for hydroxylation is 2. The summed E-state index contributed by atoms with van der Waals surface area (Å²) in [7, 11) is 1.69. The number of fused-ring (bicyclic) bond motifs is 1. The molecule has 0 saturated carbocycles. The number of benzene rings is 1. The minimum Gasteiger partial charge on any atom is -0.497 e. The SMILES string of the molecule is COc1ccc(CC(Cl)c2cc3c(s2)CCCCC3)cc1. The van der Waals surface area contributed by atoms with E-state index in [0.717, 1.165) is 12.2 Å². The summed E-state index contributed by atoms with van der Waals surface area (Å²) in [4.78, 5) is 2.90. The van der Waals surface area contributed by atoms with Gasteiger partial charge in [0.15, 0.2) is 0 Å². The van der Waals surface area contributed by atoms with Crippen molar-refractivity contribution in [2.24, 2.45) is 0 Å². The second-order valence-electron chi connectivity index (χ2n) is 5.68. The van der Waals surface area contributed by atoms with Crippen LogP contribution in [0.3, 0.4) is 0 Å². The second kappa shape index (κ2) is 6.85. The van der Waals surface area contributed by atoms with Gasteiger partial charge in [0.05, 0.1) is 12.5 Å². The summed E-state index contributed by atoms with van der Waals surface area (Å²) in [5.41, 5.74) is 2.81. The lowest BCUT2D eigenvalue weighted by Crippen LogP contribution is -1.94. The number of halogens is 1. The van der Waals surface area contributed by atoms with Crippen LogP contribution in [0.25, 0.3) is 0 Å². The Kier molecular flexibility index (Phi) is 4.87. The molecule has 0 radical (unpaired) electrons. The summed E-state index contributed by atoms with van der Waals surface area (Å²) in [6, 6.07) is 10.6. The molecule has 0 bridgehead atoms. The lowest BCUT2D eigenvalue weighted by Gasteiger charge is -2.08. The van der Waals surface area contributed by atoms with Crippen molar-refractivity contribution in [2.75, 3.05) is 7.11 Å². The molecule has 3 heteroatoms. The number of rotatable bonds is 4. The summed E-state index contributed by atoms with van der Waals surface area (Å²) < 4.78 is 5.19. The minimum absolute atomic E-state index is 0.0790. The molecule has 1 aliphatic rings. The number of ether oxygens (including phenoxy) is 1. The van der Waals surface area contributed by atoms with Gasteiger partial charge in [-0.3, -0.25) is 0 Å². The highest BCUT2D eigenvalue weighted by atomic mass is 35.5. The molecule has 3 rings (SSSR count). The van der Waals surface area contributed by atoms with Gasteiger partial charge in [0.1, 0.15) is 5.75 Å². The molecule has 2 aromatic rings. The van der Waals surface area contributed by atoms with E-state index in [1.807, 2.05) is 23.5 Å². The Bertz CT molecular complexity index is 564. The first-order chi connectivity index (χ1) is 10.3. The number of thiophene rings is 1. The van der Waals surface area contributed by atoms with E-state index in [1.165, 1.54) is 42.5 Å². The van der Waals surface area contributed by atoms with E-state index in [0.29, 0.717) is 0 Å². The van der Waals surface area contributed by atoms with Crippen LogP contribution in [-0.2, 0) is 19.3 Å². The van der Waals surface area contributed by atoms with Crippen LogP contribution >= 0.6 is 22.9 Å². The number of hydrogen-bond acceptors (Lipinski definition) is 2. The van der Waals surface area contributed by atoms with E-state index < -0.39 is 0 Å². The second-order valence-corrected chi connectivity index (χ2v) is 7.37. The summed E-state index contributed by atoms with van der Waals surface area (Å²) in [6.45, 7) is 0.